The summed E-state index contributed by atoms with van der Waals surface area (Å²) in [6.07, 6.45) is 3.56. The van der Waals surface area contributed by atoms with Gasteiger partial charge in [0.05, 0.1) is 0 Å². The molecule has 0 amide bonds. The van der Waals surface area contributed by atoms with Gasteiger partial charge in [-0.2, -0.15) is 0 Å². The first kappa shape index (κ1) is 8.77. The monoisotopic (exact) mass is 138 g/mol. The van der Waals surface area contributed by atoms with Crippen molar-refractivity contribution >= 4 is 5.97 Å². The molecule has 2 nitrogen and oxygen atoms in total. The van der Waals surface area contributed by atoms with E-state index >= 15 is 0 Å². The van der Waals surface area contributed by atoms with E-state index in [2.05, 4.69) is 16.6 Å². The van der Waals surface area contributed by atoms with Crippen molar-refractivity contribution < 1.29 is 9.53 Å². The zero-order chi connectivity index (χ0) is 7.82. The highest BCUT2D eigenvalue weighted by atomic mass is 16.5. The summed E-state index contributed by atoms with van der Waals surface area (Å²) in [7, 11) is 0. The summed E-state index contributed by atoms with van der Waals surface area (Å²) in [4.78, 5) is 10.5. The lowest BCUT2D eigenvalue weighted by Crippen LogP contribution is -2.00. The maximum atomic E-state index is 10.5. The molecule has 0 aromatic rings. The highest BCUT2D eigenvalue weighted by Gasteiger charge is 1.90. The molecule has 0 N–H and O–H groups in total. The third-order valence-corrected chi connectivity index (χ3v) is 0.773. The molecular weight excluding hydrogens is 128 g/mol. The van der Waals surface area contributed by atoms with Gasteiger partial charge in [-0.1, -0.05) is 18.1 Å². The van der Waals surface area contributed by atoms with Gasteiger partial charge in [0.15, 0.2) is 0 Å². The van der Waals surface area contributed by atoms with Gasteiger partial charge in [0.25, 0.3) is 0 Å². The van der Waals surface area contributed by atoms with E-state index in [0.717, 1.165) is 0 Å². The van der Waals surface area contributed by atoms with Gasteiger partial charge in [0.1, 0.15) is 6.61 Å². The predicted molar refractivity (Wildman–Crippen MR) is 39.2 cm³/mol. The van der Waals surface area contributed by atoms with Crippen LogP contribution in [0, 0.1) is 11.8 Å². The summed E-state index contributed by atoms with van der Waals surface area (Å²) in [5, 5.41) is 0. The molecule has 0 aliphatic rings. The molecular formula is C8H10O2. The van der Waals surface area contributed by atoms with Crippen LogP contribution in [0.1, 0.15) is 13.8 Å². The number of rotatable bonds is 2. The van der Waals surface area contributed by atoms with E-state index in [1.54, 1.807) is 13.0 Å². The van der Waals surface area contributed by atoms with Crippen LogP contribution >= 0.6 is 0 Å². The van der Waals surface area contributed by atoms with Crippen LogP contribution in [-0.4, -0.2) is 12.6 Å². The highest BCUT2D eigenvalue weighted by Crippen LogP contribution is 1.77. The van der Waals surface area contributed by atoms with E-state index in [9.17, 15) is 4.79 Å². The summed E-state index contributed by atoms with van der Waals surface area (Å²) in [6, 6.07) is 0. The minimum Gasteiger partial charge on any atom is -0.452 e. The summed E-state index contributed by atoms with van der Waals surface area (Å²) < 4.78 is 4.62. The average Bonchev–Trinajstić information content (AvgIpc) is 1.89. The molecule has 0 fully saturated rings. The topological polar surface area (TPSA) is 26.3 Å². The standard InChI is InChI=1S/C8H10O2/c1-3-5-7-10-8(9)6-4-2/h3,5H,7H2,1-2H3/b5-3+. The van der Waals surface area contributed by atoms with Crippen LogP contribution in [0.15, 0.2) is 12.2 Å². The van der Waals surface area contributed by atoms with Crippen molar-refractivity contribution in [2.24, 2.45) is 0 Å². The molecule has 0 saturated heterocycles. The van der Waals surface area contributed by atoms with Crippen molar-refractivity contribution in [1.82, 2.24) is 0 Å². The smallest absolute Gasteiger partial charge is 0.384 e. The van der Waals surface area contributed by atoms with E-state index < -0.39 is 5.97 Å². The SMILES string of the molecule is CC#CC(=O)OC/C=C/C. The fraction of sp³-hybridized carbons (Fsp3) is 0.375. The molecule has 0 aliphatic heterocycles. The molecule has 2 heteroatoms. The van der Waals surface area contributed by atoms with Crippen LogP contribution in [0.25, 0.3) is 0 Å². The van der Waals surface area contributed by atoms with Crippen LogP contribution < -0.4 is 0 Å². The fourth-order valence-electron chi connectivity index (χ4n) is 0.358. The number of esters is 1. The molecule has 0 bridgehead atoms. The second-order valence-electron chi connectivity index (χ2n) is 1.54. The molecule has 0 aromatic heterocycles. The third-order valence-electron chi connectivity index (χ3n) is 0.773. The lowest BCUT2D eigenvalue weighted by Gasteiger charge is -1.91. The van der Waals surface area contributed by atoms with Gasteiger partial charge in [-0.3, -0.25) is 0 Å². The van der Waals surface area contributed by atoms with Gasteiger partial charge in [-0.25, -0.2) is 4.79 Å². The lowest BCUT2D eigenvalue weighted by molar-refractivity contribution is -0.135. The second-order valence-corrected chi connectivity index (χ2v) is 1.54. The van der Waals surface area contributed by atoms with Crippen molar-refractivity contribution in [3.63, 3.8) is 0 Å². The Morgan fingerprint density at radius 1 is 1.70 bits per heavy atom. The number of carbonyl (C=O) groups excluding carboxylic acids is 1. The van der Waals surface area contributed by atoms with Gasteiger partial charge in [0.2, 0.25) is 0 Å². The number of hydrogen-bond acceptors (Lipinski definition) is 2. The fourth-order valence-corrected chi connectivity index (χ4v) is 0.358. The Morgan fingerprint density at radius 3 is 2.90 bits per heavy atom. The largest absolute Gasteiger partial charge is 0.452 e. The molecule has 0 aromatic carbocycles. The molecule has 0 heterocycles. The zero-order valence-electron chi connectivity index (χ0n) is 6.18. The van der Waals surface area contributed by atoms with Crippen molar-refractivity contribution in [2.45, 2.75) is 13.8 Å². The Hall–Kier alpha value is -1.23. The number of carbonyl (C=O) groups is 1. The molecule has 0 saturated carbocycles. The summed E-state index contributed by atoms with van der Waals surface area (Å²) in [5.74, 6) is 4.23. The van der Waals surface area contributed by atoms with Crippen molar-refractivity contribution in [3.05, 3.63) is 12.2 Å². The Labute approximate surface area is 60.9 Å². The van der Waals surface area contributed by atoms with Gasteiger partial charge in [-0.15, -0.1) is 0 Å². The number of hydrogen-bond donors (Lipinski definition) is 0. The molecule has 0 atom stereocenters. The maximum absolute atomic E-state index is 10.5. The average molecular weight is 138 g/mol. The minimum absolute atomic E-state index is 0.310. The second kappa shape index (κ2) is 5.90. The van der Waals surface area contributed by atoms with Crippen LogP contribution in [-0.2, 0) is 9.53 Å². The number of ether oxygens (including phenoxy) is 1. The molecule has 10 heavy (non-hydrogen) atoms. The molecule has 0 spiro atoms. The quantitative estimate of drug-likeness (QED) is 0.247. The predicted octanol–water partition coefficient (Wildman–Crippen LogP) is 1.13. The first-order valence-corrected chi connectivity index (χ1v) is 3.02. The van der Waals surface area contributed by atoms with Crippen molar-refractivity contribution in [2.75, 3.05) is 6.61 Å². The zero-order valence-corrected chi connectivity index (χ0v) is 6.18. The van der Waals surface area contributed by atoms with Crippen LogP contribution in [0.4, 0.5) is 0 Å². The van der Waals surface area contributed by atoms with Crippen molar-refractivity contribution in [1.29, 1.82) is 0 Å². The lowest BCUT2D eigenvalue weighted by atomic mass is 10.5. The van der Waals surface area contributed by atoms with E-state index in [-0.39, 0.29) is 0 Å². The van der Waals surface area contributed by atoms with Gasteiger partial charge >= 0.3 is 5.97 Å². The van der Waals surface area contributed by atoms with Crippen LogP contribution in [0.5, 0.6) is 0 Å². The van der Waals surface area contributed by atoms with Gasteiger partial charge in [0, 0.05) is 5.92 Å². The first-order chi connectivity index (χ1) is 4.81. The Bertz CT molecular complexity index is 181. The molecule has 54 valence electrons. The van der Waals surface area contributed by atoms with E-state index in [4.69, 9.17) is 0 Å². The van der Waals surface area contributed by atoms with Gasteiger partial charge in [-0.05, 0) is 13.8 Å². The van der Waals surface area contributed by atoms with Gasteiger partial charge < -0.3 is 4.74 Å². The first-order valence-electron chi connectivity index (χ1n) is 3.02. The molecule has 0 unspecified atom stereocenters. The summed E-state index contributed by atoms with van der Waals surface area (Å²) >= 11 is 0. The summed E-state index contributed by atoms with van der Waals surface area (Å²) in [6.45, 7) is 3.76. The maximum Gasteiger partial charge on any atom is 0.384 e. The molecule has 0 aliphatic carbocycles. The van der Waals surface area contributed by atoms with E-state index in [1.807, 2.05) is 13.0 Å². The third kappa shape index (κ3) is 4.92. The minimum atomic E-state index is -0.472. The molecule has 0 radical (unpaired) electrons. The Balaban J connectivity index is 3.46. The van der Waals surface area contributed by atoms with Crippen LogP contribution in [0.2, 0.25) is 0 Å². The van der Waals surface area contributed by atoms with Crippen molar-refractivity contribution in [3.8, 4) is 11.8 Å². The number of allylic oxidation sites excluding steroid dienone is 1. The normalized spacial score (nSPS) is 8.60. The van der Waals surface area contributed by atoms with E-state index in [0.29, 0.717) is 6.61 Å². The molecule has 0 rings (SSSR count). The Kier molecular flexibility index (Phi) is 5.17. The van der Waals surface area contributed by atoms with E-state index in [1.165, 1.54) is 0 Å². The summed E-state index contributed by atoms with van der Waals surface area (Å²) in [5.41, 5.74) is 0. The Morgan fingerprint density at radius 2 is 2.40 bits per heavy atom. The van der Waals surface area contributed by atoms with Crippen LogP contribution in [0.3, 0.4) is 0 Å². The highest BCUT2D eigenvalue weighted by molar-refractivity contribution is 5.88.